The Balaban J connectivity index is 1.69. The van der Waals surface area contributed by atoms with E-state index in [0.29, 0.717) is 21.6 Å². The molecule has 0 unspecified atom stereocenters. The van der Waals surface area contributed by atoms with E-state index >= 15 is 0 Å². The van der Waals surface area contributed by atoms with Gasteiger partial charge >= 0.3 is 0 Å². The molecule has 3 rings (SSSR count). The Bertz CT molecular complexity index is 995. The van der Waals surface area contributed by atoms with E-state index in [2.05, 4.69) is 29.4 Å². The molecule has 28 heavy (non-hydrogen) atoms. The van der Waals surface area contributed by atoms with Gasteiger partial charge in [-0.25, -0.2) is 0 Å². The lowest BCUT2D eigenvalue weighted by Gasteiger charge is -2.03. The monoisotopic (exact) mass is 394 g/mol. The van der Waals surface area contributed by atoms with Crippen molar-refractivity contribution >= 4 is 40.8 Å². The molecule has 0 radical (unpaired) electrons. The third-order valence-electron chi connectivity index (χ3n) is 3.99. The topological polar surface area (TPSA) is 97.0 Å². The molecule has 1 fully saturated rings. The maximum absolute atomic E-state index is 12.1. The third kappa shape index (κ3) is 4.92. The number of nitro benzene ring substituents is 1. The van der Waals surface area contributed by atoms with Crippen LogP contribution in [0.1, 0.15) is 36.5 Å². The number of carbonyl (C=O) groups excluding carboxylic acids is 1. The number of hydrogen-bond donors (Lipinski definition) is 1. The Kier molecular flexibility index (Phi) is 6.00. The molecule has 0 spiro atoms. The van der Waals surface area contributed by atoms with Crippen molar-refractivity contribution in [3.63, 3.8) is 0 Å². The van der Waals surface area contributed by atoms with Crippen LogP contribution in [0.15, 0.2) is 63.6 Å². The molecule has 7 nitrogen and oxygen atoms in total. The standard InChI is InChI=1S/C20H18N4O3S/c1-13(2)16-8-6-14(7-9-16)12-21-23-20-22-19(25)18(28-20)11-15-4-3-5-17(10-15)24(26)27/h3-13H,1-2H3,(H,22,23,25). The van der Waals surface area contributed by atoms with Crippen molar-refractivity contribution in [2.75, 3.05) is 0 Å². The zero-order valence-corrected chi connectivity index (χ0v) is 16.1. The fourth-order valence-electron chi connectivity index (χ4n) is 2.47. The van der Waals surface area contributed by atoms with Crippen LogP contribution in [-0.4, -0.2) is 22.2 Å². The van der Waals surface area contributed by atoms with E-state index in [1.165, 1.54) is 17.7 Å². The Labute approximate surface area is 166 Å². The van der Waals surface area contributed by atoms with E-state index in [1.54, 1.807) is 24.4 Å². The van der Waals surface area contributed by atoms with Crippen LogP contribution in [0, 0.1) is 10.1 Å². The highest BCUT2D eigenvalue weighted by Gasteiger charge is 2.24. The van der Waals surface area contributed by atoms with Gasteiger partial charge in [-0.05, 0) is 40.4 Å². The van der Waals surface area contributed by atoms with Gasteiger partial charge in [-0.2, -0.15) is 5.10 Å². The fourth-order valence-corrected chi connectivity index (χ4v) is 3.25. The summed E-state index contributed by atoms with van der Waals surface area (Å²) in [6, 6.07) is 14.1. The number of benzene rings is 2. The van der Waals surface area contributed by atoms with Crippen molar-refractivity contribution in [2.24, 2.45) is 10.2 Å². The molecule has 1 amide bonds. The summed E-state index contributed by atoms with van der Waals surface area (Å²) in [5, 5.41) is 21.9. The lowest BCUT2D eigenvalue weighted by atomic mass is 10.0. The Hall–Kier alpha value is -3.26. The average Bonchev–Trinajstić information content (AvgIpc) is 3.01. The predicted molar refractivity (Wildman–Crippen MR) is 112 cm³/mol. The van der Waals surface area contributed by atoms with Gasteiger partial charge in [-0.1, -0.05) is 50.2 Å². The number of amides is 1. The average molecular weight is 394 g/mol. The van der Waals surface area contributed by atoms with Gasteiger partial charge in [0.15, 0.2) is 5.17 Å². The summed E-state index contributed by atoms with van der Waals surface area (Å²) in [6.07, 6.45) is 3.20. The number of non-ortho nitro benzene ring substituents is 1. The molecule has 142 valence electrons. The molecule has 1 aliphatic heterocycles. The number of carbonyl (C=O) groups is 1. The molecule has 0 aliphatic carbocycles. The van der Waals surface area contributed by atoms with E-state index in [0.717, 1.165) is 17.3 Å². The first kappa shape index (κ1) is 19.5. The lowest BCUT2D eigenvalue weighted by Crippen LogP contribution is -2.19. The quantitative estimate of drug-likeness (QED) is 0.354. The molecule has 0 aromatic heterocycles. The number of nitrogens with one attached hydrogen (secondary N) is 1. The molecule has 2 aromatic carbocycles. The van der Waals surface area contributed by atoms with Crippen LogP contribution in [0.25, 0.3) is 6.08 Å². The highest BCUT2D eigenvalue weighted by molar-refractivity contribution is 8.18. The molecule has 0 atom stereocenters. The summed E-state index contributed by atoms with van der Waals surface area (Å²) in [7, 11) is 0. The molecule has 1 aliphatic rings. The van der Waals surface area contributed by atoms with Crippen LogP contribution in [-0.2, 0) is 4.79 Å². The summed E-state index contributed by atoms with van der Waals surface area (Å²) < 4.78 is 0. The van der Waals surface area contributed by atoms with Gasteiger partial charge < -0.3 is 0 Å². The summed E-state index contributed by atoms with van der Waals surface area (Å²) >= 11 is 1.14. The van der Waals surface area contributed by atoms with Crippen LogP contribution in [0.3, 0.4) is 0 Å². The maximum Gasteiger partial charge on any atom is 0.270 e. The zero-order chi connectivity index (χ0) is 20.1. The van der Waals surface area contributed by atoms with Gasteiger partial charge in [0, 0.05) is 12.1 Å². The molecule has 0 saturated carbocycles. The first-order chi connectivity index (χ1) is 13.4. The van der Waals surface area contributed by atoms with Crippen LogP contribution in [0.4, 0.5) is 5.69 Å². The van der Waals surface area contributed by atoms with Gasteiger partial charge in [-0.15, -0.1) is 5.10 Å². The van der Waals surface area contributed by atoms with Gasteiger partial charge in [0.25, 0.3) is 11.6 Å². The summed E-state index contributed by atoms with van der Waals surface area (Å²) in [5.74, 6) is 0.152. The van der Waals surface area contributed by atoms with Crippen molar-refractivity contribution in [1.82, 2.24) is 5.32 Å². The van der Waals surface area contributed by atoms with Gasteiger partial charge in [0.1, 0.15) is 0 Å². The first-order valence-electron chi connectivity index (χ1n) is 8.59. The van der Waals surface area contributed by atoms with E-state index < -0.39 is 4.92 Å². The smallest absolute Gasteiger partial charge is 0.270 e. The minimum absolute atomic E-state index is 0.0280. The molecule has 1 saturated heterocycles. The highest BCUT2D eigenvalue weighted by atomic mass is 32.2. The molecule has 2 aromatic rings. The number of amidine groups is 1. The molecular formula is C20H18N4O3S. The normalized spacial score (nSPS) is 17.0. The van der Waals surface area contributed by atoms with E-state index in [-0.39, 0.29) is 11.6 Å². The number of thioether (sulfide) groups is 1. The lowest BCUT2D eigenvalue weighted by molar-refractivity contribution is -0.384. The summed E-state index contributed by atoms with van der Waals surface area (Å²) in [6.45, 7) is 4.27. The zero-order valence-electron chi connectivity index (χ0n) is 15.3. The van der Waals surface area contributed by atoms with Crippen LogP contribution in [0.2, 0.25) is 0 Å². The predicted octanol–water partition coefficient (Wildman–Crippen LogP) is 4.31. The van der Waals surface area contributed by atoms with E-state index in [9.17, 15) is 14.9 Å². The SMILES string of the molecule is CC(C)c1ccc(C=N/N=C2\NC(=O)C(=Cc3cccc([N+](=O)[O-])c3)S2)cc1. The van der Waals surface area contributed by atoms with Gasteiger partial charge in [0.2, 0.25) is 0 Å². The van der Waals surface area contributed by atoms with Crippen molar-refractivity contribution in [1.29, 1.82) is 0 Å². The Morgan fingerprint density at radius 2 is 1.89 bits per heavy atom. The Morgan fingerprint density at radius 1 is 1.14 bits per heavy atom. The fraction of sp³-hybridized carbons (Fsp3) is 0.150. The van der Waals surface area contributed by atoms with Crippen molar-refractivity contribution in [3.8, 4) is 0 Å². The number of nitrogens with zero attached hydrogens (tertiary/aromatic N) is 3. The highest BCUT2D eigenvalue weighted by Crippen LogP contribution is 2.27. The molecule has 1 N–H and O–H groups in total. The first-order valence-corrected chi connectivity index (χ1v) is 9.40. The third-order valence-corrected chi connectivity index (χ3v) is 4.89. The molecule has 8 heteroatoms. The number of hydrogen-bond acceptors (Lipinski definition) is 6. The molecule has 0 bridgehead atoms. The van der Waals surface area contributed by atoms with Gasteiger partial charge in [0.05, 0.1) is 16.0 Å². The number of nitro groups is 1. The van der Waals surface area contributed by atoms with E-state index in [1.807, 2.05) is 24.3 Å². The van der Waals surface area contributed by atoms with Crippen molar-refractivity contribution < 1.29 is 9.72 Å². The summed E-state index contributed by atoms with van der Waals surface area (Å²) in [4.78, 5) is 22.9. The van der Waals surface area contributed by atoms with Gasteiger partial charge in [-0.3, -0.25) is 20.2 Å². The van der Waals surface area contributed by atoms with Crippen molar-refractivity contribution in [3.05, 3.63) is 80.2 Å². The second-order valence-electron chi connectivity index (χ2n) is 6.39. The number of rotatable bonds is 5. The molecule has 1 heterocycles. The Morgan fingerprint density at radius 3 is 2.57 bits per heavy atom. The van der Waals surface area contributed by atoms with Crippen LogP contribution in [0.5, 0.6) is 0 Å². The van der Waals surface area contributed by atoms with Crippen molar-refractivity contribution in [2.45, 2.75) is 19.8 Å². The second kappa shape index (κ2) is 8.62. The minimum atomic E-state index is -0.473. The van der Waals surface area contributed by atoms with E-state index in [4.69, 9.17) is 0 Å². The largest absolute Gasteiger partial charge is 0.299 e. The van der Waals surface area contributed by atoms with Crippen LogP contribution < -0.4 is 5.32 Å². The maximum atomic E-state index is 12.1. The molecular weight excluding hydrogens is 376 g/mol. The van der Waals surface area contributed by atoms with Crippen LogP contribution >= 0.6 is 11.8 Å². The minimum Gasteiger partial charge on any atom is -0.299 e. The second-order valence-corrected chi connectivity index (χ2v) is 7.42. The summed E-state index contributed by atoms with van der Waals surface area (Å²) in [5.41, 5.74) is 2.70.